The Bertz CT molecular complexity index is 664. The third-order valence-corrected chi connectivity index (χ3v) is 3.88. The Hall–Kier alpha value is -1.53. The maximum Gasteiger partial charge on any atom is 0.255 e. The number of benzene rings is 2. The molecule has 0 aliphatic carbocycles. The predicted molar refractivity (Wildman–Crippen MR) is 87.1 cm³/mol. The van der Waals surface area contributed by atoms with Crippen LogP contribution in [0.4, 0.5) is 11.4 Å². The van der Waals surface area contributed by atoms with E-state index >= 15 is 0 Å². The molecule has 2 rings (SSSR count). The van der Waals surface area contributed by atoms with Crippen LogP contribution in [0.5, 0.6) is 5.75 Å². The number of nitrogens with one attached hydrogen (secondary N) is 1. The van der Waals surface area contributed by atoms with Gasteiger partial charge in [-0.25, -0.2) is 0 Å². The lowest BCUT2D eigenvalue weighted by Crippen LogP contribution is -2.13. The number of phenolic OH excluding ortho intramolecular Hbond substituents is 1. The lowest BCUT2D eigenvalue weighted by atomic mass is 10.1. The van der Waals surface area contributed by atoms with Crippen molar-refractivity contribution in [1.29, 1.82) is 0 Å². The number of phenols is 1. The molecule has 0 spiro atoms. The van der Waals surface area contributed by atoms with E-state index in [1.54, 1.807) is 31.2 Å². The summed E-state index contributed by atoms with van der Waals surface area (Å²) < 4.78 is 1.49. The summed E-state index contributed by atoms with van der Waals surface area (Å²) in [5, 5.41) is 12.4. The number of carbonyl (C=O) groups excluding carboxylic acids is 1. The first-order chi connectivity index (χ1) is 9.38. The van der Waals surface area contributed by atoms with E-state index in [1.807, 2.05) is 0 Å². The van der Waals surface area contributed by atoms with Gasteiger partial charge in [-0.3, -0.25) is 4.79 Å². The predicted octanol–water partition coefficient (Wildman–Crippen LogP) is 4.06. The molecule has 2 aromatic carbocycles. The fourth-order valence-electron chi connectivity index (χ4n) is 1.66. The number of anilines is 2. The van der Waals surface area contributed by atoms with Gasteiger partial charge in [0.2, 0.25) is 0 Å². The Morgan fingerprint density at radius 3 is 2.55 bits per heavy atom. The molecule has 0 aliphatic rings. The zero-order valence-electron chi connectivity index (χ0n) is 10.6. The molecule has 6 heteroatoms. The second kappa shape index (κ2) is 5.85. The second-order valence-corrected chi connectivity index (χ2v) is 6.08. The monoisotopic (exact) mass is 398 g/mol. The van der Waals surface area contributed by atoms with E-state index in [9.17, 15) is 9.90 Å². The van der Waals surface area contributed by atoms with Gasteiger partial charge in [-0.15, -0.1) is 0 Å². The van der Waals surface area contributed by atoms with E-state index in [2.05, 4.69) is 37.2 Å². The third kappa shape index (κ3) is 3.13. The topological polar surface area (TPSA) is 75.4 Å². The average molecular weight is 400 g/mol. The van der Waals surface area contributed by atoms with E-state index in [1.165, 1.54) is 6.07 Å². The molecule has 0 unspecified atom stereocenters. The maximum absolute atomic E-state index is 12.2. The largest absolute Gasteiger partial charge is 0.508 e. The highest BCUT2D eigenvalue weighted by Gasteiger charge is 2.12. The molecule has 0 aromatic heterocycles. The number of carbonyl (C=O) groups is 1. The molecule has 4 nitrogen and oxygen atoms in total. The first-order valence-corrected chi connectivity index (χ1v) is 7.32. The van der Waals surface area contributed by atoms with Crippen LogP contribution in [0, 0.1) is 6.92 Å². The standard InChI is InChI=1S/C14H12Br2N2O2/c1-7-2-3-8(4-12(7)19)14(20)18-13-10(16)5-9(15)6-11(13)17/h2-6,19H,17H2,1H3,(H,18,20). The fourth-order valence-corrected chi connectivity index (χ4v) is 3.02. The Kier molecular flexibility index (Phi) is 4.35. The number of aromatic hydroxyl groups is 1. The number of hydrogen-bond donors (Lipinski definition) is 3. The third-order valence-electron chi connectivity index (χ3n) is 2.80. The summed E-state index contributed by atoms with van der Waals surface area (Å²) in [6.45, 7) is 1.76. The lowest BCUT2D eigenvalue weighted by Gasteiger charge is -2.11. The summed E-state index contributed by atoms with van der Waals surface area (Å²) >= 11 is 6.67. The molecule has 1 amide bonds. The van der Waals surface area contributed by atoms with Crippen molar-refractivity contribution in [3.05, 3.63) is 50.4 Å². The number of rotatable bonds is 2. The van der Waals surface area contributed by atoms with Gasteiger partial charge in [0.15, 0.2) is 0 Å². The molecule has 0 saturated heterocycles. The van der Waals surface area contributed by atoms with E-state index < -0.39 is 0 Å². The van der Waals surface area contributed by atoms with Crippen LogP contribution in [-0.2, 0) is 0 Å². The van der Waals surface area contributed by atoms with E-state index in [0.29, 0.717) is 27.0 Å². The summed E-state index contributed by atoms with van der Waals surface area (Å²) in [7, 11) is 0. The molecular formula is C14H12Br2N2O2. The van der Waals surface area contributed by atoms with Gasteiger partial charge >= 0.3 is 0 Å². The number of nitrogen functional groups attached to an aromatic ring is 1. The Balaban J connectivity index is 2.30. The minimum absolute atomic E-state index is 0.0838. The Labute approximate surface area is 133 Å². The first-order valence-electron chi connectivity index (χ1n) is 5.74. The van der Waals surface area contributed by atoms with Crippen molar-refractivity contribution in [2.75, 3.05) is 11.1 Å². The van der Waals surface area contributed by atoms with Gasteiger partial charge < -0.3 is 16.2 Å². The molecule has 0 saturated carbocycles. The second-order valence-electron chi connectivity index (χ2n) is 4.31. The van der Waals surface area contributed by atoms with Crippen molar-refractivity contribution in [2.24, 2.45) is 0 Å². The smallest absolute Gasteiger partial charge is 0.255 e. The minimum Gasteiger partial charge on any atom is -0.508 e. The lowest BCUT2D eigenvalue weighted by molar-refractivity contribution is 0.102. The minimum atomic E-state index is -0.338. The number of halogens is 2. The van der Waals surface area contributed by atoms with Crippen LogP contribution in [0.15, 0.2) is 39.3 Å². The zero-order chi connectivity index (χ0) is 14.9. The summed E-state index contributed by atoms with van der Waals surface area (Å²) in [4.78, 5) is 12.2. The Morgan fingerprint density at radius 1 is 1.25 bits per heavy atom. The van der Waals surface area contributed by atoms with Crippen LogP contribution in [-0.4, -0.2) is 11.0 Å². The van der Waals surface area contributed by atoms with E-state index in [4.69, 9.17) is 5.73 Å². The molecule has 0 bridgehead atoms. The summed E-state index contributed by atoms with van der Waals surface area (Å²) in [5.74, 6) is -0.254. The highest BCUT2D eigenvalue weighted by molar-refractivity contribution is 9.11. The molecule has 0 aliphatic heterocycles. The molecule has 2 aromatic rings. The van der Waals surface area contributed by atoms with E-state index in [0.717, 1.165) is 4.47 Å². The fraction of sp³-hybridized carbons (Fsp3) is 0.0714. The summed E-state index contributed by atoms with van der Waals surface area (Å²) in [5.41, 5.74) is 7.89. The van der Waals surface area contributed by atoms with Crippen LogP contribution in [0.25, 0.3) is 0 Å². The van der Waals surface area contributed by atoms with Gasteiger partial charge in [0.25, 0.3) is 5.91 Å². The van der Waals surface area contributed by atoms with Gasteiger partial charge in [0, 0.05) is 14.5 Å². The van der Waals surface area contributed by atoms with Gasteiger partial charge in [-0.1, -0.05) is 22.0 Å². The van der Waals surface area contributed by atoms with Crippen LogP contribution in [0.3, 0.4) is 0 Å². The van der Waals surface area contributed by atoms with Gasteiger partial charge in [-0.2, -0.15) is 0 Å². The quantitative estimate of drug-likeness (QED) is 0.666. The summed E-state index contributed by atoms with van der Waals surface area (Å²) in [6, 6.07) is 8.25. The van der Waals surface area contributed by atoms with Crippen molar-refractivity contribution >= 4 is 49.1 Å². The highest BCUT2D eigenvalue weighted by Crippen LogP contribution is 2.33. The number of amides is 1. The number of hydrogen-bond acceptors (Lipinski definition) is 3. The van der Waals surface area contributed by atoms with Crippen LogP contribution < -0.4 is 11.1 Å². The van der Waals surface area contributed by atoms with Crippen molar-refractivity contribution in [3.8, 4) is 5.75 Å². The van der Waals surface area contributed by atoms with Crippen molar-refractivity contribution in [3.63, 3.8) is 0 Å². The van der Waals surface area contributed by atoms with Crippen LogP contribution in [0.1, 0.15) is 15.9 Å². The molecule has 0 heterocycles. The molecule has 0 atom stereocenters. The van der Waals surface area contributed by atoms with Crippen molar-refractivity contribution in [2.45, 2.75) is 6.92 Å². The highest BCUT2D eigenvalue weighted by atomic mass is 79.9. The molecule has 4 N–H and O–H groups in total. The zero-order valence-corrected chi connectivity index (χ0v) is 13.7. The summed E-state index contributed by atoms with van der Waals surface area (Å²) in [6.07, 6.45) is 0. The molecule has 20 heavy (non-hydrogen) atoms. The number of nitrogens with two attached hydrogens (primary N) is 1. The molecule has 0 radical (unpaired) electrons. The van der Waals surface area contributed by atoms with Crippen molar-refractivity contribution in [1.82, 2.24) is 0 Å². The normalized spacial score (nSPS) is 10.3. The van der Waals surface area contributed by atoms with Crippen molar-refractivity contribution < 1.29 is 9.90 Å². The molecule has 104 valence electrons. The molecule has 0 fully saturated rings. The van der Waals surface area contributed by atoms with Crippen LogP contribution >= 0.6 is 31.9 Å². The van der Waals surface area contributed by atoms with Crippen LogP contribution in [0.2, 0.25) is 0 Å². The SMILES string of the molecule is Cc1ccc(C(=O)Nc2c(N)cc(Br)cc2Br)cc1O. The average Bonchev–Trinajstić information content (AvgIpc) is 2.36. The van der Waals surface area contributed by atoms with Gasteiger partial charge in [0.05, 0.1) is 11.4 Å². The van der Waals surface area contributed by atoms with Gasteiger partial charge in [-0.05, 0) is 52.7 Å². The van der Waals surface area contributed by atoms with Gasteiger partial charge in [0.1, 0.15) is 5.75 Å². The number of aryl methyl sites for hydroxylation is 1. The molecular weight excluding hydrogens is 388 g/mol. The van der Waals surface area contributed by atoms with E-state index in [-0.39, 0.29) is 11.7 Å². The Morgan fingerprint density at radius 2 is 1.95 bits per heavy atom. The first kappa shape index (κ1) is 14.9. The maximum atomic E-state index is 12.2.